The predicted molar refractivity (Wildman–Crippen MR) is 64.0 cm³/mol. The lowest BCUT2D eigenvalue weighted by Crippen LogP contribution is -2.18. The van der Waals surface area contributed by atoms with E-state index in [1.54, 1.807) is 0 Å². The molecule has 1 saturated carbocycles. The Kier molecular flexibility index (Phi) is 2.55. The van der Waals surface area contributed by atoms with Crippen LogP contribution in [0.4, 0.5) is 0 Å². The molecule has 2 unspecified atom stereocenters. The topological polar surface area (TPSA) is 22.1 Å². The zero-order chi connectivity index (χ0) is 11.1. The van der Waals surface area contributed by atoms with Crippen LogP contribution in [0.5, 0.6) is 5.88 Å². The minimum Gasteiger partial charge on any atom is -0.474 e. The first-order valence-corrected chi connectivity index (χ1v) is 6.45. The quantitative estimate of drug-likeness (QED) is 0.694. The fourth-order valence-corrected chi connectivity index (χ4v) is 2.61. The number of hydrogen-bond donors (Lipinski definition) is 0. The second-order valence-electron chi connectivity index (χ2n) is 5.00. The smallest absolute Gasteiger partial charge is 0.218 e. The zero-order valence-electron chi connectivity index (χ0n) is 9.45. The largest absolute Gasteiger partial charge is 0.474 e. The Morgan fingerprint density at radius 3 is 2.81 bits per heavy atom. The third-order valence-electron chi connectivity index (χ3n) is 3.68. The molecule has 1 aromatic rings. The third-order valence-corrected chi connectivity index (χ3v) is 3.89. The molecular formula is C13H16ClNO. The fraction of sp³-hybridized carbons (Fsp3) is 0.615. The summed E-state index contributed by atoms with van der Waals surface area (Å²) in [7, 11) is 0. The lowest BCUT2D eigenvalue weighted by molar-refractivity contribution is 0.165. The zero-order valence-corrected chi connectivity index (χ0v) is 10.2. The Bertz CT molecular complexity index is 403. The highest BCUT2D eigenvalue weighted by Crippen LogP contribution is 2.42. The molecule has 0 radical (unpaired) electrons. The molecule has 2 atom stereocenters. The summed E-state index contributed by atoms with van der Waals surface area (Å²) >= 11 is 5.93. The van der Waals surface area contributed by atoms with Gasteiger partial charge in [0, 0.05) is 5.56 Å². The van der Waals surface area contributed by atoms with E-state index < -0.39 is 0 Å². The van der Waals surface area contributed by atoms with Gasteiger partial charge in [-0.15, -0.1) is 0 Å². The van der Waals surface area contributed by atoms with E-state index in [-0.39, 0.29) is 0 Å². The molecule has 0 aromatic carbocycles. The average Bonchev–Trinajstić information content (AvgIpc) is 3.06. The Balaban J connectivity index is 1.94. The molecule has 16 heavy (non-hydrogen) atoms. The third kappa shape index (κ3) is 1.91. The van der Waals surface area contributed by atoms with E-state index in [0.29, 0.717) is 17.2 Å². The van der Waals surface area contributed by atoms with Crippen molar-refractivity contribution in [2.75, 3.05) is 0 Å². The molecule has 0 amide bonds. The number of nitrogens with zero attached hydrogens (tertiary/aromatic N) is 1. The highest BCUT2D eigenvalue weighted by Gasteiger charge is 2.35. The maximum absolute atomic E-state index is 6.04. The predicted octanol–water partition coefficient (Wildman–Crippen LogP) is 3.79. The number of pyridine rings is 1. The summed E-state index contributed by atoms with van der Waals surface area (Å²) in [5, 5.41) is 0.530. The number of halogens is 1. The van der Waals surface area contributed by atoms with Gasteiger partial charge >= 0.3 is 0 Å². The van der Waals surface area contributed by atoms with Gasteiger partial charge < -0.3 is 4.74 Å². The van der Waals surface area contributed by atoms with Crippen LogP contribution in [0.2, 0.25) is 5.15 Å². The Morgan fingerprint density at radius 1 is 1.25 bits per heavy atom. The molecule has 2 heterocycles. The van der Waals surface area contributed by atoms with Crippen molar-refractivity contribution < 1.29 is 4.74 Å². The summed E-state index contributed by atoms with van der Waals surface area (Å²) < 4.78 is 6.04. The van der Waals surface area contributed by atoms with Gasteiger partial charge in [0.2, 0.25) is 5.88 Å². The lowest BCUT2D eigenvalue weighted by atomic mass is 9.96. The molecule has 1 aliphatic heterocycles. The lowest BCUT2D eigenvalue weighted by Gasteiger charge is -2.15. The van der Waals surface area contributed by atoms with Crippen LogP contribution in [0.1, 0.15) is 44.1 Å². The van der Waals surface area contributed by atoms with Crippen molar-refractivity contribution in [3.05, 3.63) is 22.8 Å². The summed E-state index contributed by atoms with van der Waals surface area (Å²) in [6, 6.07) is 3.92. The van der Waals surface area contributed by atoms with Gasteiger partial charge in [0.1, 0.15) is 11.3 Å². The van der Waals surface area contributed by atoms with Gasteiger partial charge in [-0.1, -0.05) is 24.6 Å². The molecule has 0 N–H and O–H groups in total. The van der Waals surface area contributed by atoms with E-state index in [1.807, 2.05) is 6.07 Å². The molecule has 0 saturated heterocycles. The van der Waals surface area contributed by atoms with E-state index in [2.05, 4.69) is 18.0 Å². The van der Waals surface area contributed by atoms with Crippen LogP contribution in [0.25, 0.3) is 0 Å². The summed E-state index contributed by atoms with van der Waals surface area (Å²) in [4.78, 5) is 4.33. The number of rotatable bonds is 1. The maximum atomic E-state index is 6.04. The first-order chi connectivity index (χ1) is 7.74. The molecule has 2 nitrogen and oxygen atoms in total. The Labute approximate surface area is 101 Å². The van der Waals surface area contributed by atoms with Gasteiger partial charge in [-0.2, -0.15) is 0 Å². The van der Waals surface area contributed by atoms with Crippen LogP contribution in [0.15, 0.2) is 12.1 Å². The SMILES string of the molecule is CC1CCC(C2CC2)Oc2nc(Cl)ccc21. The molecule has 1 aliphatic carbocycles. The summed E-state index contributed by atoms with van der Waals surface area (Å²) in [6.07, 6.45) is 5.34. The Hall–Kier alpha value is -0.760. The standard InChI is InChI=1S/C13H16ClNO/c1-8-2-6-11(9-3-4-9)16-13-10(8)5-7-12(14)15-13/h5,7-9,11H,2-4,6H2,1H3. The van der Waals surface area contributed by atoms with Crippen LogP contribution in [0, 0.1) is 5.92 Å². The second-order valence-corrected chi connectivity index (χ2v) is 5.39. The van der Waals surface area contributed by atoms with Crippen LogP contribution in [-0.4, -0.2) is 11.1 Å². The van der Waals surface area contributed by atoms with Gasteiger partial charge in [-0.25, -0.2) is 4.98 Å². The first kappa shape index (κ1) is 10.4. The van der Waals surface area contributed by atoms with Crippen LogP contribution >= 0.6 is 11.6 Å². The van der Waals surface area contributed by atoms with Crippen molar-refractivity contribution in [3.63, 3.8) is 0 Å². The number of aromatic nitrogens is 1. The molecule has 3 heteroatoms. The molecule has 0 spiro atoms. The fourth-order valence-electron chi connectivity index (χ4n) is 2.47. The van der Waals surface area contributed by atoms with Gasteiger partial charge in [-0.05, 0) is 43.6 Å². The summed E-state index contributed by atoms with van der Waals surface area (Å²) in [6.45, 7) is 2.24. The van der Waals surface area contributed by atoms with Crippen molar-refractivity contribution >= 4 is 11.6 Å². The molecule has 2 aliphatic rings. The monoisotopic (exact) mass is 237 g/mol. The van der Waals surface area contributed by atoms with E-state index in [0.717, 1.165) is 18.2 Å². The van der Waals surface area contributed by atoms with Crippen molar-refractivity contribution in [1.82, 2.24) is 4.98 Å². The Morgan fingerprint density at radius 2 is 2.06 bits per heavy atom. The number of ether oxygens (including phenoxy) is 1. The molecular weight excluding hydrogens is 222 g/mol. The molecule has 0 bridgehead atoms. The van der Waals surface area contributed by atoms with Crippen molar-refractivity contribution in [3.8, 4) is 5.88 Å². The van der Waals surface area contributed by atoms with E-state index in [4.69, 9.17) is 16.3 Å². The van der Waals surface area contributed by atoms with Crippen LogP contribution in [-0.2, 0) is 0 Å². The van der Waals surface area contributed by atoms with Crippen molar-refractivity contribution in [2.45, 2.75) is 44.6 Å². The number of fused-ring (bicyclic) bond motifs is 1. The van der Waals surface area contributed by atoms with Crippen molar-refractivity contribution in [2.24, 2.45) is 5.92 Å². The number of hydrogen-bond acceptors (Lipinski definition) is 2. The van der Waals surface area contributed by atoms with Crippen LogP contribution in [0.3, 0.4) is 0 Å². The minimum absolute atomic E-state index is 0.370. The van der Waals surface area contributed by atoms with E-state index in [9.17, 15) is 0 Å². The van der Waals surface area contributed by atoms with Gasteiger partial charge in [0.05, 0.1) is 0 Å². The molecule has 86 valence electrons. The molecule has 1 fully saturated rings. The van der Waals surface area contributed by atoms with Gasteiger partial charge in [-0.3, -0.25) is 0 Å². The highest BCUT2D eigenvalue weighted by atomic mass is 35.5. The summed E-state index contributed by atoms with van der Waals surface area (Å²) in [5.74, 6) is 2.07. The van der Waals surface area contributed by atoms with Crippen molar-refractivity contribution in [1.29, 1.82) is 0 Å². The summed E-state index contributed by atoms with van der Waals surface area (Å²) in [5.41, 5.74) is 1.22. The van der Waals surface area contributed by atoms with E-state index >= 15 is 0 Å². The second kappa shape index (κ2) is 3.92. The maximum Gasteiger partial charge on any atom is 0.218 e. The average molecular weight is 238 g/mol. The van der Waals surface area contributed by atoms with E-state index in [1.165, 1.54) is 24.8 Å². The highest BCUT2D eigenvalue weighted by molar-refractivity contribution is 6.29. The van der Waals surface area contributed by atoms with Gasteiger partial charge in [0.15, 0.2) is 0 Å². The van der Waals surface area contributed by atoms with Crippen LogP contribution < -0.4 is 4.74 Å². The molecule has 1 aromatic heterocycles. The normalized spacial score (nSPS) is 29.1. The minimum atomic E-state index is 0.370. The van der Waals surface area contributed by atoms with Gasteiger partial charge in [0.25, 0.3) is 0 Å². The molecule has 3 rings (SSSR count). The first-order valence-electron chi connectivity index (χ1n) is 6.07.